The van der Waals surface area contributed by atoms with Gasteiger partial charge in [-0.1, -0.05) is 54.9 Å². The third kappa shape index (κ3) is 5.07. The first-order valence-corrected chi connectivity index (χ1v) is 9.32. The molecule has 27 heavy (non-hydrogen) atoms. The summed E-state index contributed by atoms with van der Waals surface area (Å²) in [6, 6.07) is 13.7. The molecule has 0 N–H and O–H groups in total. The van der Waals surface area contributed by atoms with Crippen LogP contribution in [0.15, 0.2) is 53.7 Å². The maximum Gasteiger partial charge on any atom is 0.225 e. The molecular weight excluding hydrogens is 367 g/mol. The van der Waals surface area contributed by atoms with Crippen LogP contribution in [0.3, 0.4) is 0 Å². The van der Waals surface area contributed by atoms with Crippen molar-refractivity contribution >= 4 is 23.2 Å². The van der Waals surface area contributed by atoms with Crippen molar-refractivity contribution in [2.45, 2.75) is 32.9 Å². The summed E-state index contributed by atoms with van der Waals surface area (Å²) < 4.78 is 13.5. The zero-order chi connectivity index (χ0) is 19.4. The number of hydrogen-bond donors (Lipinski definition) is 0. The lowest BCUT2D eigenvalue weighted by Crippen LogP contribution is -2.39. The van der Waals surface area contributed by atoms with E-state index in [-0.39, 0.29) is 23.7 Å². The summed E-state index contributed by atoms with van der Waals surface area (Å²) in [7, 11) is 0. The Balaban J connectivity index is 1.68. The minimum Gasteiger partial charge on any atom is -0.390 e. The van der Waals surface area contributed by atoms with Gasteiger partial charge in [0, 0.05) is 23.9 Å². The summed E-state index contributed by atoms with van der Waals surface area (Å²) in [5.41, 5.74) is 2.54. The van der Waals surface area contributed by atoms with E-state index in [0.717, 1.165) is 16.8 Å². The molecule has 0 saturated heterocycles. The van der Waals surface area contributed by atoms with E-state index in [2.05, 4.69) is 5.16 Å². The van der Waals surface area contributed by atoms with Gasteiger partial charge in [-0.25, -0.2) is 4.39 Å². The number of carbonyl (C=O) groups is 1. The van der Waals surface area contributed by atoms with Crippen molar-refractivity contribution in [1.29, 1.82) is 0 Å². The van der Waals surface area contributed by atoms with Gasteiger partial charge >= 0.3 is 0 Å². The second-order valence-corrected chi connectivity index (χ2v) is 7.42. The third-order valence-corrected chi connectivity index (χ3v) is 4.65. The summed E-state index contributed by atoms with van der Waals surface area (Å²) in [5, 5.41) is 4.84. The maximum atomic E-state index is 13.5. The van der Waals surface area contributed by atoms with Gasteiger partial charge in [-0.2, -0.15) is 0 Å². The van der Waals surface area contributed by atoms with Crippen molar-refractivity contribution in [1.82, 2.24) is 4.90 Å². The van der Waals surface area contributed by atoms with Crippen molar-refractivity contribution in [2.24, 2.45) is 11.1 Å². The van der Waals surface area contributed by atoms with E-state index < -0.39 is 0 Å². The lowest BCUT2D eigenvalue weighted by Gasteiger charge is -2.26. The molecule has 1 atom stereocenters. The van der Waals surface area contributed by atoms with Crippen LogP contribution in [0.4, 0.5) is 4.39 Å². The fourth-order valence-corrected chi connectivity index (χ4v) is 3.16. The van der Waals surface area contributed by atoms with Crippen LogP contribution >= 0.6 is 11.6 Å². The van der Waals surface area contributed by atoms with Gasteiger partial charge in [-0.05, 0) is 35.4 Å². The summed E-state index contributed by atoms with van der Waals surface area (Å²) in [6.45, 7) is 4.44. The van der Waals surface area contributed by atoms with Gasteiger partial charge in [-0.15, -0.1) is 0 Å². The molecule has 0 spiro atoms. The molecule has 1 unspecified atom stereocenters. The Morgan fingerprint density at radius 3 is 2.70 bits per heavy atom. The standard InChI is InChI=1S/C21H22ClFN2O2/c1-14(2)21(26)25(12-15-4-3-5-18(23)10-15)13-19-11-20(24-27-19)16-6-8-17(22)9-7-16/h3-10,14,19H,11-13H2,1-2H3. The summed E-state index contributed by atoms with van der Waals surface area (Å²) in [4.78, 5) is 19.9. The van der Waals surface area contributed by atoms with Crippen LogP contribution in [-0.4, -0.2) is 29.2 Å². The van der Waals surface area contributed by atoms with E-state index in [0.29, 0.717) is 24.5 Å². The Morgan fingerprint density at radius 1 is 1.30 bits per heavy atom. The number of oxime groups is 1. The molecule has 1 aliphatic rings. The van der Waals surface area contributed by atoms with Crippen molar-refractivity contribution in [2.75, 3.05) is 6.54 Å². The Bertz CT molecular complexity index is 836. The van der Waals surface area contributed by atoms with E-state index in [9.17, 15) is 9.18 Å². The molecule has 2 aromatic rings. The molecule has 0 aromatic heterocycles. The van der Waals surface area contributed by atoms with Gasteiger partial charge in [0.2, 0.25) is 5.91 Å². The van der Waals surface area contributed by atoms with Crippen molar-refractivity contribution in [3.63, 3.8) is 0 Å². The fraction of sp³-hybridized carbons (Fsp3) is 0.333. The molecule has 4 nitrogen and oxygen atoms in total. The molecule has 1 aliphatic heterocycles. The van der Waals surface area contributed by atoms with Crippen LogP contribution in [0.25, 0.3) is 0 Å². The molecule has 3 rings (SSSR count). The van der Waals surface area contributed by atoms with E-state index in [1.54, 1.807) is 11.0 Å². The van der Waals surface area contributed by atoms with Gasteiger partial charge in [-0.3, -0.25) is 4.79 Å². The SMILES string of the molecule is CC(C)C(=O)N(Cc1cccc(F)c1)CC1CC(c2ccc(Cl)cc2)=NO1. The van der Waals surface area contributed by atoms with Gasteiger partial charge < -0.3 is 9.74 Å². The zero-order valence-electron chi connectivity index (χ0n) is 15.4. The average molecular weight is 389 g/mol. The highest BCUT2D eigenvalue weighted by Crippen LogP contribution is 2.21. The van der Waals surface area contributed by atoms with Crippen LogP contribution in [-0.2, 0) is 16.2 Å². The molecule has 0 fully saturated rings. The van der Waals surface area contributed by atoms with Crippen LogP contribution in [0, 0.1) is 11.7 Å². The number of benzene rings is 2. The van der Waals surface area contributed by atoms with E-state index >= 15 is 0 Å². The smallest absolute Gasteiger partial charge is 0.225 e. The summed E-state index contributed by atoms with van der Waals surface area (Å²) in [6.07, 6.45) is 0.374. The average Bonchev–Trinajstić information content (AvgIpc) is 3.09. The molecule has 1 amide bonds. The van der Waals surface area contributed by atoms with Crippen molar-refractivity contribution in [3.05, 3.63) is 70.5 Å². The molecule has 142 valence electrons. The molecular formula is C21H22ClFN2O2. The van der Waals surface area contributed by atoms with E-state index in [1.807, 2.05) is 44.2 Å². The molecule has 0 radical (unpaired) electrons. The highest BCUT2D eigenvalue weighted by atomic mass is 35.5. The number of rotatable bonds is 6. The normalized spacial score (nSPS) is 16.2. The monoisotopic (exact) mass is 388 g/mol. The number of halogens is 2. The van der Waals surface area contributed by atoms with Crippen molar-refractivity contribution < 1.29 is 14.0 Å². The largest absolute Gasteiger partial charge is 0.390 e. The van der Waals surface area contributed by atoms with E-state index in [4.69, 9.17) is 16.4 Å². The second-order valence-electron chi connectivity index (χ2n) is 6.98. The molecule has 0 aliphatic carbocycles. The highest BCUT2D eigenvalue weighted by molar-refractivity contribution is 6.30. The first-order chi connectivity index (χ1) is 12.9. The van der Waals surface area contributed by atoms with Crippen LogP contribution in [0.2, 0.25) is 5.02 Å². The Labute approximate surface area is 163 Å². The zero-order valence-corrected chi connectivity index (χ0v) is 16.1. The Kier molecular flexibility index (Phi) is 6.11. The van der Waals surface area contributed by atoms with Gasteiger partial charge in [0.05, 0.1) is 12.3 Å². The minimum absolute atomic E-state index is 0.00260. The van der Waals surface area contributed by atoms with Crippen LogP contribution in [0.1, 0.15) is 31.4 Å². The second kappa shape index (κ2) is 8.53. The summed E-state index contributed by atoms with van der Waals surface area (Å²) in [5.74, 6) is -0.464. The van der Waals surface area contributed by atoms with Crippen LogP contribution in [0.5, 0.6) is 0 Å². The minimum atomic E-state index is -0.310. The van der Waals surface area contributed by atoms with Gasteiger partial charge in [0.15, 0.2) is 6.10 Å². The van der Waals surface area contributed by atoms with Crippen LogP contribution < -0.4 is 0 Å². The third-order valence-electron chi connectivity index (χ3n) is 4.40. The first-order valence-electron chi connectivity index (χ1n) is 8.94. The molecule has 6 heteroatoms. The quantitative estimate of drug-likeness (QED) is 0.722. The highest BCUT2D eigenvalue weighted by Gasteiger charge is 2.27. The molecule has 1 heterocycles. The molecule has 0 saturated carbocycles. The Morgan fingerprint density at radius 2 is 2.04 bits per heavy atom. The predicted octanol–water partition coefficient (Wildman–Crippen LogP) is 4.66. The maximum absolute atomic E-state index is 13.5. The van der Waals surface area contributed by atoms with Gasteiger partial charge in [0.1, 0.15) is 5.82 Å². The predicted molar refractivity (Wildman–Crippen MR) is 104 cm³/mol. The van der Waals surface area contributed by atoms with Crippen molar-refractivity contribution in [3.8, 4) is 0 Å². The van der Waals surface area contributed by atoms with Gasteiger partial charge in [0.25, 0.3) is 0 Å². The number of hydrogen-bond acceptors (Lipinski definition) is 3. The number of carbonyl (C=O) groups excluding carboxylic acids is 1. The van der Waals surface area contributed by atoms with E-state index in [1.165, 1.54) is 12.1 Å². The topological polar surface area (TPSA) is 41.9 Å². The molecule has 0 bridgehead atoms. The molecule has 2 aromatic carbocycles. The lowest BCUT2D eigenvalue weighted by atomic mass is 10.0. The number of amides is 1. The first kappa shape index (κ1) is 19.4. The number of nitrogens with zero attached hydrogens (tertiary/aromatic N) is 2. The summed E-state index contributed by atoms with van der Waals surface area (Å²) >= 11 is 5.93. The fourth-order valence-electron chi connectivity index (χ4n) is 3.04. The lowest BCUT2D eigenvalue weighted by molar-refractivity contribution is -0.137. The Hall–Kier alpha value is -2.40.